The van der Waals surface area contributed by atoms with Gasteiger partial charge in [-0.15, -0.1) is 0 Å². The van der Waals surface area contributed by atoms with Gasteiger partial charge in [0.15, 0.2) is 4.80 Å². The van der Waals surface area contributed by atoms with Gasteiger partial charge in [0.2, 0.25) is 0 Å². The maximum Gasteiger partial charge on any atom is 0.338 e. The molecule has 5 rings (SSSR count). The fraction of sp³-hybridized carbons (Fsp3) is 0.323. The molecule has 0 saturated heterocycles. The standard InChI is InChI=1S/C31H33N3O5S/c1-7-39-30(36)26-19(3)32-31-34(28(26)27-23-11-9-8-10-21(23)12-13-24(27)38-6)29(35)25(40-31)17-22-16-18(2)33(20(22)4)14-15-37-5/h8-13,16-17,28H,7,14-15H2,1-6H3. The van der Waals surface area contributed by atoms with Gasteiger partial charge in [0.1, 0.15) is 11.8 Å². The Bertz CT molecular complexity index is 1830. The van der Waals surface area contributed by atoms with Crippen LogP contribution >= 0.6 is 11.3 Å². The van der Waals surface area contributed by atoms with E-state index in [1.165, 1.54) is 11.3 Å². The molecular weight excluding hydrogens is 526 g/mol. The van der Waals surface area contributed by atoms with Gasteiger partial charge in [-0.2, -0.15) is 0 Å². The summed E-state index contributed by atoms with van der Waals surface area (Å²) in [5.41, 5.74) is 4.45. The first-order chi connectivity index (χ1) is 19.3. The number of thiazole rings is 1. The Morgan fingerprint density at radius 2 is 1.90 bits per heavy atom. The third kappa shape index (κ3) is 4.69. The van der Waals surface area contributed by atoms with Crippen LogP contribution < -0.4 is 19.6 Å². The second-order valence-electron chi connectivity index (χ2n) is 9.68. The SMILES string of the molecule is CCOC(=O)C1=C(C)N=c2sc(=Cc3cc(C)n(CCOC)c3C)c(=O)n2C1c1c(OC)ccc2ccccc12. The van der Waals surface area contributed by atoms with Gasteiger partial charge in [-0.1, -0.05) is 41.7 Å². The molecule has 2 aromatic heterocycles. The first-order valence-corrected chi connectivity index (χ1v) is 14.0. The predicted molar refractivity (Wildman–Crippen MR) is 157 cm³/mol. The fourth-order valence-electron chi connectivity index (χ4n) is 5.44. The van der Waals surface area contributed by atoms with Gasteiger partial charge >= 0.3 is 5.97 Å². The number of benzene rings is 2. The van der Waals surface area contributed by atoms with E-state index in [0.29, 0.717) is 33.0 Å². The van der Waals surface area contributed by atoms with Gasteiger partial charge in [0, 0.05) is 30.6 Å². The second kappa shape index (κ2) is 11.3. The summed E-state index contributed by atoms with van der Waals surface area (Å²) in [6.45, 7) is 9.17. The zero-order chi connectivity index (χ0) is 28.6. The molecule has 3 heterocycles. The number of nitrogens with zero attached hydrogens (tertiary/aromatic N) is 3. The van der Waals surface area contributed by atoms with E-state index in [2.05, 4.69) is 10.6 Å². The Kier molecular flexibility index (Phi) is 7.78. The average molecular weight is 560 g/mol. The summed E-state index contributed by atoms with van der Waals surface area (Å²) in [6.07, 6.45) is 1.91. The molecule has 0 aliphatic carbocycles. The highest BCUT2D eigenvalue weighted by Gasteiger charge is 2.36. The molecule has 9 heteroatoms. The van der Waals surface area contributed by atoms with Crippen LogP contribution in [-0.2, 0) is 20.8 Å². The van der Waals surface area contributed by atoms with Crippen LogP contribution in [0.1, 0.15) is 42.4 Å². The molecule has 1 atom stereocenters. The van der Waals surface area contributed by atoms with Crippen molar-refractivity contribution >= 4 is 34.2 Å². The number of allylic oxidation sites excluding steroid dienone is 1. The lowest BCUT2D eigenvalue weighted by atomic mass is 9.90. The minimum atomic E-state index is -0.771. The van der Waals surface area contributed by atoms with Crippen LogP contribution in [0, 0.1) is 13.8 Å². The highest BCUT2D eigenvalue weighted by Crippen LogP contribution is 2.40. The molecule has 0 saturated carbocycles. The smallest absolute Gasteiger partial charge is 0.338 e. The van der Waals surface area contributed by atoms with Crippen molar-refractivity contribution in [1.82, 2.24) is 9.13 Å². The Hall–Kier alpha value is -3.95. The van der Waals surface area contributed by atoms with Gasteiger partial charge in [0.25, 0.3) is 5.56 Å². The Labute approximate surface area is 236 Å². The summed E-state index contributed by atoms with van der Waals surface area (Å²) < 4.78 is 20.9. The van der Waals surface area contributed by atoms with E-state index in [-0.39, 0.29) is 12.2 Å². The first-order valence-electron chi connectivity index (χ1n) is 13.2. The fourth-order valence-corrected chi connectivity index (χ4v) is 6.48. The molecule has 4 aromatic rings. The third-order valence-electron chi connectivity index (χ3n) is 7.36. The summed E-state index contributed by atoms with van der Waals surface area (Å²) in [4.78, 5) is 32.8. The second-order valence-corrected chi connectivity index (χ2v) is 10.7. The molecule has 1 aliphatic rings. The average Bonchev–Trinajstić information content (AvgIpc) is 3.39. The van der Waals surface area contributed by atoms with Crippen LogP contribution in [0.4, 0.5) is 0 Å². The molecule has 0 N–H and O–H groups in total. The van der Waals surface area contributed by atoms with E-state index in [1.807, 2.05) is 56.3 Å². The van der Waals surface area contributed by atoms with Crippen molar-refractivity contribution in [2.75, 3.05) is 27.4 Å². The highest BCUT2D eigenvalue weighted by atomic mass is 32.1. The van der Waals surface area contributed by atoms with E-state index in [9.17, 15) is 9.59 Å². The Morgan fingerprint density at radius 1 is 1.12 bits per heavy atom. The van der Waals surface area contributed by atoms with E-state index < -0.39 is 12.0 Å². The lowest BCUT2D eigenvalue weighted by molar-refractivity contribution is -0.139. The lowest BCUT2D eigenvalue weighted by Gasteiger charge is -2.27. The number of esters is 1. The van der Waals surface area contributed by atoms with Gasteiger partial charge in [-0.3, -0.25) is 9.36 Å². The van der Waals surface area contributed by atoms with Crippen LogP contribution in [0.2, 0.25) is 0 Å². The van der Waals surface area contributed by atoms with Crippen LogP contribution in [0.25, 0.3) is 16.8 Å². The minimum absolute atomic E-state index is 0.206. The molecule has 8 nitrogen and oxygen atoms in total. The quantitative estimate of drug-likeness (QED) is 0.305. The van der Waals surface area contributed by atoms with Gasteiger partial charge in [-0.05, 0) is 62.2 Å². The molecule has 0 bridgehead atoms. The number of fused-ring (bicyclic) bond motifs is 2. The third-order valence-corrected chi connectivity index (χ3v) is 8.34. The van der Waals surface area contributed by atoms with E-state index >= 15 is 0 Å². The van der Waals surface area contributed by atoms with Crippen molar-refractivity contribution in [3.05, 3.63) is 95.9 Å². The first kappa shape index (κ1) is 27.6. The molecular formula is C31H33N3O5S. The van der Waals surface area contributed by atoms with Crippen LogP contribution in [0.5, 0.6) is 5.75 Å². The number of aromatic nitrogens is 2. The topological polar surface area (TPSA) is 84.0 Å². The summed E-state index contributed by atoms with van der Waals surface area (Å²) in [5.74, 6) is 0.0798. The van der Waals surface area contributed by atoms with Gasteiger partial charge in [0.05, 0.1) is 36.1 Å². The van der Waals surface area contributed by atoms with Crippen molar-refractivity contribution in [1.29, 1.82) is 0 Å². The summed E-state index contributed by atoms with van der Waals surface area (Å²) >= 11 is 1.31. The maximum atomic E-state index is 14.2. The Morgan fingerprint density at radius 3 is 2.62 bits per heavy atom. The number of hydrogen-bond acceptors (Lipinski definition) is 7. The van der Waals surface area contributed by atoms with Gasteiger partial charge < -0.3 is 18.8 Å². The largest absolute Gasteiger partial charge is 0.496 e. The molecule has 0 fully saturated rings. The zero-order valence-electron chi connectivity index (χ0n) is 23.6. The number of carbonyl (C=O) groups is 1. The maximum absolute atomic E-state index is 14.2. The number of methoxy groups -OCH3 is 2. The van der Waals surface area contributed by atoms with Crippen molar-refractivity contribution < 1.29 is 19.0 Å². The van der Waals surface area contributed by atoms with Crippen LogP contribution in [0.15, 0.2) is 63.5 Å². The Balaban J connectivity index is 1.79. The zero-order valence-corrected chi connectivity index (χ0v) is 24.4. The molecule has 0 amide bonds. The molecule has 2 aromatic carbocycles. The number of rotatable bonds is 8. The van der Waals surface area contributed by atoms with Gasteiger partial charge in [-0.25, -0.2) is 9.79 Å². The van der Waals surface area contributed by atoms with Crippen molar-refractivity contribution in [3.63, 3.8) is 0 Å². The lowest BCUT2D eigenvalue weighted by Crippen LogP contribution is -2.40. The summed E-state index contributed by atoms with van der Waals surface area (Å²) in [6, 6.07) is 13.0. The summed E-state index contributed by atoms with van der Waals surface area (Å²) in [7, 11) is 3.28. The molecule has 1 aliphatic heterocycles. The number of ether oxygens (including phenoxy) is 3. The van der Waals surface area contributed by atoms with Crippen LogP contribution in [0.3, 0.4) is 0 Å². The number of carbonyl (C=O) groups excluding carboxylic acids is 1. The number of hydrogen-bond donors (Lipinski definition) is 0. The number of aryl methyl sites for hydroxylation is 1. The molecule has 1 unspecified atom stereocenters. The monoisotopic (exact) mass is 559 g/mol. The molecule has 0 radical (unpaired) electrons. The normalized spacial score (nSPS) is 15.3. The highest BCUT2D eigenvalue weighted by molar-refractivity contribution is 7.07. The van der Waals surface area contributed by atoms with Crippen molar-refractivity contribution in [2.45, 2.75) is 40.3 Å². The van der Waals surface area contributed by atoms with E-state index in [1.54, 1.807) is 32.6 Å². The van der Waals surface area contributed by atoms with E-state index in [4.69, 9.17) is 19.2 Å². The van der Waals surface area contributed by atoms with Crippen molar-refractivity contribution in [2.24, 2.45) is 4.99 Å². The molecule has 0 spiro atoms. The molecule has 208 valence electrons. The molecule has 40 heavy (non-hydrogen) atoms. The van der Waals surface area contributed by atoms with Crippen molar-refractivity contribution in [3.8, 4) is 5.75 Å². The minimum Gasteiger partial charge on any atom is -0.496 e. The summed E-state index contributed by atoms with van der Waals surface area (Å²) in [5, 5.41) is 1.86. The van der Waals surface area contributed by atoms with Crippen LogP contribution in [-0.4, -0.2) is 42.5 Å². The van der Waals surface area contributed by atoms with E-state index in [0.717, 1.165) is 39.8 Å². The predicted octanol–water partition coefficient (Wildman–Crippen LogP) is 4.02.